The summed E-state index contributed by atoms with van der Waals surface area (Å²) in [5, 5.41) is -0.0622. The van der Waals surface area contributed by atoms with Gasteiger partial charge in [0, 0.05) is 37.6 Å². The van der Waals surface area contributed by atoms with Crippen LogP contribution in [0.25, 0.3) is 0 Å². The van der Waals surface area contributed by atoms with Gasteiger partial charge in [-0.05, 0) is 36.8 Å². The molecule has 27 heavy (non-hydrogen) atoms. The summed E-state index contributed by atoms with van der Waals surface area (Å²) < 4.78 is 10.8. The number of thioether (sulfide) groups is 1. The van der Waals surface area contributed by atoms with Gasteiger partial charge in [-0.15, -0.1) is 11.8 Å². The second-order valence-electron chi connectivity index (χ2n) is 6.86. The second-order valence-corrected chi connectivity index (χ2v) is 8.28. The van der Waals surface area contributed by atoms with E-state index in [2.05, 4.69) is 29.2 Å². The molecule has 0 saturated carbocycles. The fraction of sp³-hybridized carbons (Fsp3) is 0.381. The number of rotatable bonds is 5. The normalized spacial score (nSPS) is 17.7. The van der Waals surface area contributed by atoms with Crippen molar-refractivity contribution in [3.8, 4) is 11.5 Å². The second kappa shape index (κ2) is 8.23. The Kier molecular flexibility index (Phi) is 5.55. The monoisotopic (exact) mass is 384 g/mol. The molecular formula is C21H24N2O3S. The highest BCUT2D eigenvalue weighted by Crippen LogP contribution is 2.33. The molecule has 0 N–H and O–H groups in total. The molecule has 6 heteroatoms. The minimum atomic E-state index is -0.0622. The van der Waals surface area contributed by atoms with Crippen molar-refractivity contribution >= 4 is 17.7 Å². The van der Waals surface area contributed by atoms with Crippen LogP contribution in [0, 0.1) is 0 Å². The first-order valence-corrected chi connectivity index (χ1v) is 10.2. The van der Waals surface area contributed by atoms with E-state index in [0.717, 1.165) is 49.1 Å². The largest absolute Gasteiger partial charge is 0.454 e. The van der Waals surface area contributed by atoms with Gasteiger partial charge in [0.15, 0.2) is 11.5 Å². The predicted octanol–water partition coefficient (Wildman–Crippen LogP) is 3.24. The molecule has 2 heterocycles. The van der Waals surface area contributed by atoms with Crippen LogP contribution in [-0.4, -0.2) is 53.9 Å². The summed E-state index contributed by atoms with van der Waals surface area (Å²) in [5.41, 5.74) is 1.21. The zero-order chi connectivity index (χ0) is 18.6. The van der Waals surface area contributed by atoms with Crippen LogP contribution in [0.2, 0.25) is 0 Å². The molecule has 2 aromatic carbocycles. The Bertz CT molecular complexity index is 791. The fourth-order valence-electron chi connectivity index (χ4n) is 3.43. The van der Waals surface area contributed by atoms with E-state index in [1.54, 1.807) is 11.8 Å². The van der Waals surface area contributed by atoms with E-state index in [1.165, 1.54) is 5.56 Å². The van der Waals surface area contributed by atoms with E-state index in [1.807, 2.05) is 36.1 Å². The summed E-state index contributed by atoms with van der Waals surface area (Å²) in [6.45, 7) is 6.52. The van der Waals surface area contributed by atoms with Gasteiger partial charge < -0.3 is 14.4 Å². The van der Waals surface area contributed by atoms with Gasteiger partial charge in [-0.25, -0.2) is 0 Å². The van der Waals surface area contributed by atoms with Crippen molar-refractivity contribution in [1.29, 1.82) is 0 Å². The van der Waals surface area contributed by atoms with Crippen molar-refractivity contribution in [2.45, 2.75) is 23.6 Å². The van der Waals surface area contributed by atoms with Crippen molar-refractivity contribution in [2.24, 2.45) is 0 Å². The first kappa shape index (κ1) is 18.2. The first-order valence-electron chi connectivity index (χ1n) is 9.30. The smallest absolute Gasteiger partial charge is 0.235 e. The number of benzene rings is 2. The maximum absolute atomic E-state index is 12.8. The van der Waals surface area contributed by atoms with E-state index >= 15 is 0 Å². The third-order valence-electron chi connectivity index (χ3n) is 4.93. The summed E-state index contributed by atoms with van der Waals surface area (Å²) in [6.07, 6.45) is 0. The number of hydrogen-bond acceptors (Lipinski definition) is 5. The van der Waals surface area contributed by atoms with Gasteiger partial charge in [0.25, 0.3) is 0 Å². The van der Waals surface area contributed by atoms with Crippen LogP contribution in [-0.2, 0) is 11.3 Å². The summed E-state index contributed by atoms with van der Waals surface area (Å²) in [7, 11) is 0. The lowest BCUT2D eigenvalue weighted by atomic mass is 10.1. The van der Waals surface area contributed by atoms with E-state index in [0.29, 0.717) is 6.79 Å². The van der Waals surface area contributed by atoms with Crippen molar-refractivity contribution in [2.75, 3.05) is 33.0 Å². The van der Waals surface area contributed by atoms with Gasteiger partial charge in [0.2, 0.25) is 12.7 Å². The molecule has 1 amide bonds. The number of carbonyl (C=O) groups is 1. The Morgan fingerprint density at radius 2 is 1.78 bits per heavy atom. The Morgan fingerprint density at radius 1 is 1.04 bits per heavy atom. The molecule has 2 aliphatic rings. The molecule has 0 spiro atoms. The molecular weight excluding hydrogens is 360 g/mol. The molecule has 2 aromatic rings. The molecule has 1 saturated heterocycles. The maximum Gasteiger partial charge on any atom is 0.235 e. The van der Waals surface area contributed by atoms with E-state index in [4.69, 9.17) is 9.47 Å². The minimum Gasteiger partial charge on any atom is -0.454 e. The topological polar surface area (TPSA) is 42.0 Å². The number of amides is 1. The van der Waals surface area contributed by atoms with Crippen molar-refractivity contribution < 1.29 is 14.3 Å². The zero-order valence-electron chi connectivity index (χ0n) is 15.5. The van der Waals surface area contributed by atoms with Crippen molar-refractivity contribution in [1.82, 2.24) is 9.80 Å². The van der Waals surface area contributed by atoms with E-state index in [-0.39, 0.29) is 11.2 Å². The number of hydrogen-bond donors (Lipinski definition) is 0. The van der Waals surface area contributed by atoms with Crippen LogP contribution in [0.4, 0.5) is 0 Å². The van der Waals surface area contributed by atoms with Gasteiger partial charge in [0.1, 0.15) is 0 Å². The van der Waals surface area contributed by atoms with Gasteiger partial charge in [-0.2, -0.15) is 0 Å². The lowest BCUT2D eigenvalue weighted by Crippen LogP contribution is -2.50. The Hall–Kier alpha value is -2.18. The molecule has 0 unspecified atom stereocenters. The van der Waals surface area contributed by atoms with Gasteiger partial charge >= 0.3 is 0 Å². The van der Waals surface area contributed by atoms with E-state index in [9.17, 15) is 4.79 Å². The molecule has 0 bridgehead atoms. The first-order chi connectivity index (χ1) is 13.2. The molecule has 4 rings (SSSR count). The van der Waals surface area contributed by atoms with Gasteiger partial charge in [-0.1, -0.05) is 24.3 Å². The van der Waals surface area contributed by atoms with Gasteiger partial charge in [-0.3, -0.25) is 9.69 Å². The maximum atomic E-state index is 12.8. The minimum absolute atomic E-state index is 0.0622. The summed E-state index contributed by atoms with van der Waals surface area (Å²) >= 11 is 1.63. The Balaban J connectivity index is 1.27. The molecule has 5 nitrogen and oxygen atoms in total. The predicted molar refractivity (Wildman–Crippen MR) is 106 cm³/mol. The molecule has 0 radical (unpaired) electrons. The molecule has 0 aromatic heterocycles. The molecule has 142 valence electrons. The van der Waals surface area contributed by atoms with Crippen LogP contribution in [0.3, 0.4) is 0 Å². The van der Waals surface area contributed by atoms with Crippen LogP contribution < -0.4 is 9.47 Å². The number of fused-ring (bicyclic) bond motifs is 1. The lowest BCUT2D eigenvalue weighted by Gasteiger charge is -2.36. The highest BCUT2D eigenvalue weighted by molar-refractivity contribution is 8.00. The van der Waals surface area contributed by atoms with Crippen LogP contribution >= 0.6 is 11.8 Å². The third-order valence-corrected chi connectivity index (χ3v) is 6.03. The van der Waals surface area contributed by atoms with Gasteiger partial charge in [0.05, 0.1) is 5.25 Å². The highest BCUT2D eigenvalue weighted by atomic mass is 32.2. The van der Waals surface area contributed by atoms with Crippen LogP contribution in [0.15, 0.2) is 53.4 Å². The standard InChI is InChI=1S/C21H24N2O3S/c1-16(27-18-5-3-2-4-6-18)21(24)23-11-9-22(10-12-23)14-17-7-8-19-20(13-17)26-15-25-19/h2-8,13,16H,9-12,14-15H2,1H3/t16-/m1/s1. The SMILES string of the molecule is C[C@@H](Sc1ccccc1)C(=O)N1CCN(Cc2ccc3c(c2)OCO3)CC1. The molecule has 1 fully saturated rings. The van der Waals surface area contributed by atoms with Crippen LogP contribution in [0.5, 0.6) is 11.5 Å². The summed E-state index contributed by atoms with van der Waals surface area (Å²) in [5.74, 6) is 1.87. The Labute approximate surface area is 164 Å². The lowest BCUT2D eigenvalue weighted by molar-refractivity contribution is -0.132. The van der Waals surface area contributed by atoms with Crippen molar-refractivity contribution in [3.05, 3.63) is 54.1 Å². The van der Waals surface area contributed by atoms with Crippen molar-refractivity contribution in [3.63, 3.8) is 0 Å². The third kappa shape index (κ3) is 4.39. The molecule has 0 aliphatic carbocycles. The van der Waals surface area contributed by atoms with E-state index < -0.39 is 0 Å². The number of piperazine rings is 1. The number of nitrogens with zero attached hydrogens (tertiary/aromatic N) is 2. The molecule has 2 aliphatic heterocycles. The Morgan fingerprint density at radius 3 is 2.56 bits per heavy atom. The summed E-state index contributed by atoms with van der Waals surface area (Å²) in [6, 6.07) is 16.2. The summed E-state index contributed by atoms with van der Waals surface area (Å²) in [4.78, 5) is 18.3. The fourth-order valence-corrected chi connectivity index (χ4v) is 4.41. The average molecular weight is 385 g/mol. The highest BCUT2D eigenvalue weighted by Gasteiger charge is 2.25. The quantitative estimate of drug-likeness (QED) is 0.741. The van der Waals surface area contributed by atoms with Crippen LogP contribution in [0.1, 0.15) is 12.5 Å². The zero-order valence-corrected chi connectivity index (χ0v) is 16.3. The number of carbonyl (C=O) groups excluding carboxylic acids is 1. The number of ether oxygens (including phenoxy) is 2. The average Bonchev–Trinajstić information content (AvgIpc) is 3.16. The molecule has 1 atom stereocenters.